The van der Waals surface area contributed by atoms with Crippen molar-refractivity contribution in [3.05, 3.63) is 58.0 Å². The van der Waals surface area contributed by atoms with Crippen molar-refractivity contribution in [3.63, 3.8) is 0 Å². The first-order valence-corrected chi connectivity index (χ1v) is 8.46. The van der Waals surface area contributed by atoms with Gasteiger partial charge < -0.3 is 14.7 Å². The lowest BCUT2D eigenvalue weighted by atomic mass is 10.2. The van der Waals surface area contributed by atoms with Crippen LogP contribution in [0.1, 0.15) is 11.3 Å². The molecule has 0 spiro atoms. The molecule has 2 heterocycles. The molecule has 0 unspecified atom stereocenters. The summed E-state index contributed by atoms with van der Waals surface area (Å²) in [6.45, 7) is 4.80. The zero-order valence-electron chi connectivity index (χ0n) is 15.1. The molecule has 3 rings (SSSR count). The number of non-ortho nitro benzene ring substituents is 1. The molecule has 1 aromatic heterocycles. The topological polar surface area (TPSA) is 100 Å². The highest BCUT2D eigenvalue weighted by Crippen LogP contribution is 2.13. The Morgan fingerprint density at radius 1 is 1.33 bits per heavy atom. The van der Waals surface area contributed by atoms with Gasteiger partial charge in [-0.2, -0.15) is 0 Å². The van der Waals surface area contributed by atoms with Gasteiger partial charge in [-0.1, -0.05) is 17.3 Å². The first kappa shape index (κ1) is 21.1. The summed E-state index contributed by atoms with van der Waals surface area (Å²) in [6, 6.07) is 8.51. The predicted octanol–water partition coefficient (Wildman–Crippen LogP) is 2.09. The van der Waals surface area contributed by atoms with E-state index in [2.05, 4.69) is 25.3 Å². The maximum atomic E-state index is 10.9. The number of aromatic nitrogens is 1. The lowest BCUT2D eigenvalue weighted by molar-refractivity contribution is -0.384. The number of nitrogens with one attached hydrogen (secondary N) is 1. The van der Waals surface area contributed by atoms with Gasteiger partial charge in [-0.15, -0.1) is 24.0 Å². The van der Waals surface area contributed by atoms with Crippen LogP contribution < -0.4 is 5.32 Å². The number of guanidine groups is 1. The second kappa shape index (κ2) is 10.2. The highest BCUT2D eigenvalue weighted by molar-refractivity contribution is 14.0. The third-order valence-electron chi connectivity index (χ3n) is 4.33. The van der Waals surface area contributed by atoms with Crippen LogP contribution in [0.15, 0.2) is 46.1 Å². The van der Waals surface area contributed by atoms with Crippen LogP contribution in [-0.4, -0.2) is 59.1 Å². The smallest absolute Gasteiger partial charge is 0.269 e. The number of nitrogens with zero attached hydrogens (tertiary/aromatic N) is 5. The van der Waals surface area contributed by atoms with Crippen LogP contribution in [0.5, 0.6) is 0 Å². The molecular weight excluding hydrogens is 463 g/mol. The number of benzene rings is 1. The molecule has 1 saturated heterocycles. The van der Waals surface area contributed by atoms with Gasteiger partial charge in [0.2, 0.25) is 0 Å². The number of piperazine rings is 1. The Morgan fingerprint density at radius 2 is 2.11 bits per heavy atom. The van der Waals surface area contributed by atoms with Gasteiger partial charge in [0.25, 0.3) is 5.69 Å². The van der Waals surface area contributed by atoms with Crippen LogP contribution in [0, 0.1) is 10.1 Å². The van der Waals surface area contributed by atoms with Crippen molar-refractivity contribution in [2.24, 2.45) is 4.99 Å². The Balaban J connectivity index is 0.00000261. The largest absolute Gasteiger partial charge is 0.364 e. The van der Waals surface area contributed by atoms with Crippen LogP contribution >= 0.6 is 24.0 Å². The van der Waals surface area contributed by atoms with E-state index in [1.54, 1.807) is 25.4 Å². The van der Waals surface area contributed by atoms with E-state index >= 15 is 0 Å². The monoisotopic (exact) mass is 486 g/mol. The number of rotatable bonds is 5. The normalized spacial score (nSPS) is 15.3. The minimum absolute atomic E-state index is 0. The Labute approximate surface area is 174 Å². The zero-order chi connectivity index (χ0) is 18.4. The van der Waals surface area contributed by atoms with Gasteiger partial charge in [-0.3, -0.25) is 20.0 Å². The summed E-state index contributed by atoms with van der Waals surface area (Å²) < 4.78 is 4.87. The van der Waals surface area contributed by atoms with Gasteiger partial charge >= 0.3 is 0 Å². The molecule has 0 aliphatic carbocycles. The molecule has 0 saturated carbocycles. The van der Waals surface area contributed by atoms with Crippen LogP contribution in [0.25, 0.3) is 0 Å². The van der Waals surface area contributed by atoms with E-state index in [0.717, 1.165) is 49.9 Å². The summed E-state index contributed by atoms with van der Waals surface area (Å²) in [7, 11) is 1.75. The average molecular weight is 486 g/mol. The predicted molar refractivity (Wildman–Crippen MR) is 112 cm³/mol. The lowest BCUT2D eigenvalue weighted by Gasteiger charge is -2.36. The van der Waals surface area contributed by atoms with Crippen LogP contribution in [-0.2, 0) is 13.1 Å². The summed E-state index contributed by atoms with van der Waals surface area (Å²) in [5.74, 6) is 0.803. The van der Waals surface area contributed by atoms with Gasteiger partial charge in [0, 0.05) is 64.5 Å². The van der Waals surface area contributed by atoms with Gasteiger partial charge in [0.1, 0.15) is 6.26 Å². The Bertz CT molecular complexity index is 760. The first-order valence-electron chi connectivity index (χ1n) is 8.46. The third kappa shape index (κ3) is 5.89. The molecule has 1 aromatic carbocycles. The minimum Gasteiger partial charge on any atom is -0.364 e. The molecule has 1 fully saturated rings. The molecule has 0 bridgehead atoms. The second-order valence-corrected chi connectivity index (χ2v) is 6.08. The molecule has 9 nitrogen and oxygen atoms in total. The molecule has 0 amide bonds. The van der Waals surface area contributed by atoms with Crippen molar-refractivity contribution in [2.45, 2.75) is 13.1 Å². The molecule has 0 atom stereocenters. The molecule has 27 heavy (non-hydrogen) atoms. The van der Waals surface area contributed by atoms with E-state index in [1.165, 1.54) is 6.07 Å². The molecule has 1 aliphatic rings. The number of hydrogen-bond donors (Lipinski definition) is 1. The van der Waals surface area contributed by atoms with Crippen molar-refractivity contribution in [2.75, 3.05) is 33.2 Å². The number of aliphatic imine (C=N–C) groups is 1. The number of nitro benzene ring substituents is 1. The second-order valence-electron chi connectivity index (χ2n) is 6.08. The maximum absolute atomic E-state index is 10.9. The first-order chi connectivity index (χ1) is 12.7. The van der Waals surface area contributed by atoms with E-state index < -0.39 is 0 Å². The molecular formula is C17H23IN6O3. The molecule has 146 valence electrons. The minimum atomic E-state index is -0.383. The van der Waals surface area contributed by atoms with Crippen molar-refractivity contribution in [1.82, 2.24) is 20.3 Å². The van der Waals surface area contributed by atoms with E-state index in [-0.39, 0.29) is 34.6 Å². The maximum Gasteiger partial charge on any atom is 0.269 e. The van der Waals surface area contributed by atoms with Gasteiger partial charge in [0.05, 0.1) is 10.6 Å². The standard InChI is InChI=1S/C17H22N6O3.HI/c1-18-17(19-12-14-3-2-4-16(11-14)23(24)25)22-8-6-21(7-9-22)13-15-5-10-26-20-15;/h2-5,10-11H,6-9,12-13H2,1H3,(H,18,19);1H. The third-order valence-corrected chi connectivity index (χ3v) is 4.33. The Kier molecular flexibility index (Phi) is 7.98. The fraction of sp³-hybridized carbons (Fsp3) is 0.412. The van der Waals surface area contributed by atoms with E-state index in [0.29, 0.717) is 6.54 Å². The molecule has 0 radical (unpaired) electrons. The van der Waals surface area contributed by atoms with Gasteiger partial charge in [-0.05, 0) is 5.56 Å². The number of nitro groups is 1. The summed E-state index contributed by atoms with van der Waals surface area (Å²) in [6.07, 6.45) is 1.59. The molecule has 10 heteroatoms. The number of hydrogen-bond acceptors (Lipinski definition) is 6. The highest BCUT2D eigenvalue weighted by Gasteiger charge is 2.20. The van der Waals surface area contributed by atoms with Crippen LogP contribution in [0.2, 0.25) is 0 Å². The van der Waals surface area contributed by atoms with Crippen molar-refractivity contribution >= 4 is 35.6 Å². The number of halogens is 1. The molecule has 1 N–H and O–H groups in total. The van der Waals surface area contributed by atoms with E-state index in [4.69, 9.17) is 4.52 Å². The summed E-state index contributed by atoms with van der Waals surface area (Å²) in [4.78, 5) is 19.3. The quantitative estimate of drug-likeness (QED) is 0.227. The highest BCUT2D eigenvalue weighted by atomic mass is 127. The summed E-state index contributed by atoms with van der Waals surface area (Å²) in [5.41, 5.74) is 1.89. The Morgan fingerprint density at radius 3 is 2.74 bits per heavy atom. The Hall–Kier alpha value is -2.21. The van der Waals surface area contributed by atoms with Crippen molar-refractivity contribution in [1.29, 1.82) is 0 Å². The van der Waals surface area contributed by atoms with Crippen LogP contribution in [0.3, 0.4) is 0 Å². The van der Waals surface area contributed by atoms with Gasteiger partial charge in [0.15, 0.2) is 5.96 Å². The van der Waals surface area contributed by atoms with Crippen molar-refractivity contribution in [3.8, 4) is 0 Å². The van der Waals surface area contributed by atoms with E-state index in [1.807, 2.05) is 12.1 Å². The lowest BCUT2D eigenvalue weighted by Crippen LogP contribution is -2.52. The fourth-order valence-corrected chi connectivity index (χ4v) is 2.96. The van der Waals surface area contributed by atoms with Gasteiger partial charge in [-0.25, -0.2) is 0 Å². The SMILES string of the molecule is CN=C(NCc1cccc([N+](=O)[O-])c1)N1CCN(Cc2ccon2)CC1.I. The summed E-state index contributed by atoms with van der Waals surface area (Å²) >= 11 is 0. The zero-order valence-corrected chi connectivity index (χ0v) is 17.4. The summed E-state index contributed by atoms with van der Waals surface area (Å²) in [5, 5.41) is 18.1. The van der Waals surface area contributed by atoms with E-state index in [9.17, 15) is 10.1 Å². The fourth-order valence-electron chi connectivity index (χ4n) is 2.96. The van der Waals surface area contributed by atoms with Crippen LogP contribution in [0.4, 0.5) is 5.69 Å². The average Bonchev–Trinajstić information content (AvgIpc) is 3.17. The van der Waals surface area contributed by atoms with Crippen molar-refractivity contribution < 1.29 is 9.45 Å². The molecule has 2 aromatic rings. The molecule has 1 aliphatic heterocycles.